The molecule has 2 atom stereocenters. The number of hydrogen-bond acceptors (Lipinski definition) is 2. The molecule has 0 saturated carbocycles. The summed E-state index contributed by atoms with van der Waals surface area (Å²) in [5, 5.41) is 19.2. The fourth-order valence-corrected chi connectivity index (χ4v) is 3.88. The summed E-state index contributed by atoms with van der Waals surface area (Å²) in [5.41, 5.74) is 6.47. The molecule has 0 aliphatic heterocycles. The van der Waals surface area contributed by atoms with E-state index in [0.717, 1.165) is 57.8 Å². The highest BCUT2D eigenvalue weighted by atomic mass is 16.3. The molecule has 0 aromatic rings. The van der Waals surface area contributed by atoms with Crippen molar-refractivity contribution in [2.24, 2.45) is 5.92 Å². The van der Waals surface area contributed by atoms with Crippen molar-refractivity contribution in [3.8, 4) is 0 Å². The van der Waals surface area contributed by atoms with Crippen LogP contribution in [0.3, 0.4) is 0 Å². The lowest BCUT2D eigenvalue weighted by Gasteiger charge is -2.34. The molecule has 0 saturated heterocycles. The van der Waals surface area contributed by atoms with Crippen molar-refractivity contribution >= 4 is 0 Å². The third-order valence-electron chi connectivity index (χ3n) is 6.28. The average Bonchev–Trinajstić information content (AvgIpc) is 2.68. The summed E-state index contributed by atoms with van der Waals surface area (Å²) in [6.07, 6.45) is 20.7. The molecule has 0 aromatic heterocycles. The van der Waals surface area contributed by atoms with Crippen molar-refractivity contribution in [3.63, 3.8) is 0 Å². The minimum atomic E-state index is -0.497. The normalized spacial score (nSPS) is 18.7. The summed E-state index contributed by atoms with van der Waals surface area (Å²) in [5.74, 6) is 0.446. The number of rotatable bonds is 11. The van der Waals surface area contributed by atoms with Crippen LogP contribution in [0.4, 0.5) is 0 Å². The molecule has 2 N–H and O–H groups in total. The second kappa shape index (κ2) is 17.1. The maximum Gasteiger partial charge on any atom is 0.0653 e. The zero-order valence-electron chi connectivity index (χ0n) is 22.4. The molecule has 0 radical (unpaired) electrons. The first-order chi connectivity index (χ1) is 15.0. The summed E-state index contributed by atoms with van der Waals surface area (Å²) in [7, 11) is 0. The second-order valence-electron chi connectivity index (χ2n) is 10.3. The van der Waals surface area contributed by atoms with Crippen LogP contribution in [-0.4, -0.2) is 22.4 Å². The Morgan fingerprint density at radius 3 is 1.94 bits per heavy atom. The number of hydrogen-bond donors (Lipinski definition) is 2. The Bertz CT molecular complexity index is 663. The standard InChI is InChI=1S/2C15H26O/c1-12(2)6-5-11-15(4,16)14-9-7-13(3)8-10-14;1-13(2)7-5-8-14(3)9-6-10-15(4)11-12-16/h6-7,14,16H,5,8-11H2,1-4H3;7,9,11,16H,5-6,8,10,12H2,1-4H3/b;14-9+,15-11+/t14-,15+;/m0./s1. The number of allylic oxidation sites excluding steroid dienone is 9. The highest BCUT2D eigenvalue weighted by Crippen LogP contribution is 2.34. The minimum absolute atomic E-state index is 0.162. The Labute approximate surface area is 199 Å². The minimum Gasteiger partial charge on any atom is -0.392 e. The lowest BCUT2D eigenvalue weighted by Crippen LogP contribution is -2.35. The predicted molar refractivity (Wildman–Crippen MR) is 143 cm³/mol. The van der Waals surface area contributed by atoms with Gasteiger partial charge in [-0.1, -0.05) is 58.2 Å². The van der Waals surface area contributed by atoms with E-state index in [1.54, 1.807) is 0 Å². The molecular weight excluding hydrogens is 392 g/mol. The Balaban J connectivity index is 0.000000601. The van der Waals surface area contributed by atoms with Crippen molar-refractivity contribution in [1.29, 1.82) is 0 Å². The van der Waals surface area contributed by atoms with Crippen LogP contribution in [0.25, 0.3) is 0 Å². The maximum atomic E-state index is 10.5. The van der Waals surface area contributed by atoms with Crippen LogP contribution in [0.2, 0.25) is 0 Å². The third-order valence-corrected chi connectivity index (χ3v) is 6.28. The summed E-state index contributed by atoms with van der Waals surface area (Å²) >= 11 is 0. The van der Waals surface area contributed by atoms with Gasteiger partial charge in [0.05, 0.1) is 12.2 Å². The van der Waals surface area contributed by atoms with Gasteiger partial charge in [-0.25, -0.2) is 0 Å². The SMILES string of the molecule is CC(C)=CCC/C(C)=C/CC/C(C)=C/CO.CC(C)=CCC[C@@](C)(O)[C@H]1CC=C(C)CC1. The maximum absolute atomic E-state index is 10.5. The van der Waals surface area contributed by atoms with E-state index in [-0.39, 0.29) is 6.61 Å². The van der Waals surface area contributed by atoms with Crippen LogP contribution in [0.5, 0.6) is 0 Å². The number of aliphatic hydroxyl groups is 2. The van der Waals surface area contributed by atoms with Gasteiger partial charge in [0.2, 0.25) is 0 Å². The van der Waals surface area contributed by atoms with E-state index in [1.807, 2.05) is 13.0 Å². The van der Waals surface area contributed by atoms with Gasteiger partial charge in [0.15, 0.2) is 0 Å². The first kappa shape index (κ1) is 30.6. The van der Waals surface area contributed by atoms with Crippen LogP contribution < -0.4 is 0 Å². The average molecular weight is 445 g/mol. The Morgan fingerprint density at radius 1 is 0.906 bits per heavy atom. The van der Waals surface area contributed by atoms with Gasteiger partial charge < -0.3 is 10.2 Å². The Hall–Kier alpha value is -1.38. The summed E-state index contributed by atoms with van der Waals surface area (Å²) in [6, 6.07) is 0. The predicted octanol–water partition coefficient (Wildman–Crippen LogP) is 8.63. The molecule has 184 valence electrons. The van der Waals surface area contributed by atoms with Gasteiger partial charge in [0, 0.05) is 0 Å². The smallest absolute Gasteiger partial charge is 0.0653 e. The molecule has 0 spiro atoms. The summed E-state index contributed by atoms with van der Waals surface area (Å²) in [4.78, 5) is 0. The molecule has 2 nitrogen and oxygen atoms in total. The van der Waals surface area contributed by atoms with E-state index in [2.05, 4.69) is 72.8 Å². The topological polar surface area (TPSA) is 40.5 Å². The van der Waals surface area contributed by atoms with Crippen molar-refractivity contribution in [1.82, 2.24) is 0 Å². The molecule has 1 rings (SSSR count). The van der Waals surface area contributed by atoms with E-state index >= 15 is 0 Å². The van der Waals surface area contributed by atoms with E-state index in [0.29, 0.717) is 5.92 Å². The van der Waals surface area contributed by atoms with Gasteiger partial charge in [0.1, 0.15) is 0 Å². The molecule has 0 bridgehead atoms. The highest BCUT2D eigenvalue weighted by molar-refractivity contribution is 5.07. The monoisotopic (exact) mass is 444 g/mol. The molecule has 1 aliphatic carbocycles. The molecule has 0 unspecified atom stereocenters. The van der Waals surface area contributed by atoms with E-state index < -0.39 is 5.60 Å². The molecule has 32 heavy (non-hydrogen) atoms. The molecule has 0 heterocycles. The Morgan fingerprint density at radius 2 is 1.44 bits per heavy atom. The van der Waals surface area contributed by atoms with E-state index in [9.17, 15) is 5.11 Å². The van der Waals surface area contributed by atoms with Gasteiger partial charge in [0.25, 0.3) is 0 Å². The summed E-state index contributed by atoms with van der Waals surface area (Å²) in [6.45, 7) is 17.1. The van der Waals surface area contributed by atoms with Crippen LogP contribution in [-0.2, 0) is 0 Å². The highest BCUT2D eigenvalue weighted by Gasteiger charge is 2.31. The third kappa shape index (κ3) is 16.3. The van der Waals surface area contributed by atoms with Gasteiger partial charge in [-0.05, 0) is 119 Å². The lowest BCUT2D eigenvalue weighted by atomic mass is 9.76. The van der Waals surface area contributed by atoms with E-state index in [4.69, 9.17) is 5.11 Å². The van der Waals surface area contributed by atoms with Gasteiger partial charge in [-0.2, -0.15) is 0 Å². The molecule has 0 amide bonds. The second-order valence-corrected chi connectivity index (χ2v) is 10.3. The van der Waals surface area contributed by atoms with E-state index in [1.165, 1.54) is 27.9 Å². The first-order valence-corrected chi connectivity index (χ1v) is 12.5. The Kier molecular flexibility index (Phi) is 16.4. The summed E-state index contributed by atoms with van der Waals surface area (Å²) < 4.78 is 0. The zero-order valence-corrected chi connectivity index (χ0v) is 22.4. The fourth-order valence-electron chi connectivity index (χ4n) is 3.88. The molecular formula is C30H52O2. The molecule has 1 aliphatic rings. The molecule has 0 aromatic carbocycles. The quantitative estimate of drug-likeness (QED) is 0.313. The van der Waals surface area contributed by atoms with Gasteiger partial charge in [-0.3, -0.25) is 0 Å². The van der Waals surface area contributed by atoms with Crippen LogP contribution >= 0.6 is 0 Å². The lowest BCUT2D eigenvalue weighted by molar-refractivity contribution is -0.0122. The first-order valence-electron chi connectivity index (χ1n) is 12.5. The number of aliphatic hydroxyl groups excluding tert-OH is 1. The molecule has 2 heteroatoms. The van der Waals surface area contributed by atoms with Crippen LogP contribution in [0.1, 0.15) is 113 Å². The van der Waals surface area contributed by atoms with Crippen LogP contribution in [0.15, 0.2) is 58.2 Å². The fraction of sp³-hybridized carbons (Fsp3) is 0.667. The van der Waals surface area contributed by atoms with Crippen molar-refractivity contribution < 1.29 is 10.2 Å². The van der Waals surface area contributed by atoms with Crippen molar-refractivity contribution in [3.05, 3.63) is 58.2 Å². The zero-order chi connectivity index (χ0) is 24.6. The van der Waals surface area contributed by atoms with Crippen LogP contribution in [0, 0.1) is 5.92 Å². The largest absolute Gasteiger partial charge is 0.392 e. The molecule has 0 fully saturated rings. The van der Waals surface area contributed by atoms with Crippen molar-refractivity contribution in [2.75, 3.05) is 6.61 Å². The van der Waals surface area contributed by atoms with Gasteiger partial charge in [-0.15, -0.1) is 0 Å². The van der Waals surface area contributed by atoms with Gasteiger partial charge >= 0.3 is 0 Å². The van der Waals surface area contributed by atoms with Crippen molar-refractivity contribution in [2.45, 2.75) is 119 Å².